The summed E-state index contributed by atoms with van der Waals surface area (Å²) in [6.07, 6.45) is 0. The van der Waals surface area contributed by atoms with Gasteiger partial charge in [0.15, 0.2) is 0 Å². The number of para-hydroxylation sites is 2. The molecule has 0 amide bonds. The van der Waals surface area contributed by atoms with Gasteiger partial charge in [-0.3, -0.25) is 0 Å². The first-order chi connectivity index (χ1) is 24.0. The summed E-state index contributed by atoms with van der Waals surface area (Å²) < 4.78 is 12.7. The van der Waals surface area contributed by atoms with Crippen LogP contribution >= 0.6 is 0 Å². The van der Waals surface area contributed by atoms with Gasteiger partial charge in [0, 0.05) is 27.1 Å². The van der Waals surface area contributed by atoms with Gasteiger partial charge in [-0.15, -0.1) is 0 Å². The van der Waals surface area contributed by atoms with Crippen molar-refractivity contribution in [3.8, 4) is 56.0 Å². The second-order valence-electron chi connectivity index (χ2n) is 14.0. The maximum absolute atomic E-state index is 6.42. The fourth-order valence-electron chi connectivity index (χ4n) is 8.73. The van der Waals surface area contributed by atoms with E-state index < -0.39 is 0 Å². The van der Waals surface area contributed by atoms with Crippen molar-refractivity contribution in [1.82, 2.24) is 0 Å². The van der Waals surface area contributed by atoms with Crippen LogP contribution in [-0.2, 0) is 5.41 Å². The lowest BCUT2D eigenvalue weighted by molar-refractivity contribution is 0.487. The van der Waals surface area contributed by atoms with Crippen LogP contribution in [0.4, 0.5) is 0 Å². The Kier molecular flexibility index (Phi) is 5.21. The molecule has 0 radical (unpaired) electrons. The van der Waals surface area contributed by atoms with Crippen LogP contribution < -0.4 is 4.74 Å². The maximum Gasteiger partial charge on any atom is 0.135 e. The number of fused-ring (bicyclic) bond motifs is 9. The summed E-state index contributed by atoms with van der Waals surface area (Å²) in [5, 5.41) is 7.22. The molecule has 8 aromatic carbocycles. The quantitative estimate of drug-likeness (QED) is 0.190. The Bertz CT molecular complexity index is 2880. The minimum Gasteiger partial charge on any atom is -0.456 e. The fraction of sp³-hybridized carbons (Fsp3) is 0.0638. The van der Waals surface area contributed by atoms with Crippen molar-refractivity contribution in [2.75, 3.05) is 0 Å². The zero-order valence-electron chi connectivity index (χ0n) is 27.2. The second kappa shape index (κ2) is 9.49. The number of furan rings is 1. The molecule has 0 saturated heterocycles. The standard InChI is InChI=1S/C47H30O2/c1-47(2)38-25-28(30-21-23-43-45-34(30)14-9-15-35(45)32-12-5-7-16-40(32)49-43)18-20-36(38)46-39(47)26-27-10-3-4-11-31(27)44(46)29-19-22-42-37(24-29)33-13-6-8-17-41(33)48-42/h3-26H,1-2H3. The van der Waals surface area contributed by atoms with Gasteiger partial charge < -0.3 is 9.15 Å². The molecule has 49 heavy (non-hydrogen) atoms. The number of hydrogen-bond acceptors (Lipinski definition) is 2. The van der Waals surface area contributed by atoms with Gasteiger partial charge in [0.05, 0.1) is 0 Å². The highest BCUT2D eigenvalue weighted by Crippen LogP contribution is 2.56. The molecule has 1 aliphatic carbocycles. The third kappa shape index (κ3) is 3.61. The van der Waals surface area contributed by atoms with Crippen molar-refractivity contribution in [3.05, 3.63) is 157 Å². The SMILES string of the molecule is CC1(C)c2cc(-c3ccc4c5c(cccc35)-c3ccccc3O4)ccc2-c2c1cc1ccccc1c2-c1ccc2oc3ccccc3c2c1. The molecule has 11 rings (SSSR count). The molecule has 2 nitrogen and oxygen atoms in total. The lowest BCUT2D eigenvalue weighted by Crippen LogP contribution is -2.15. The smallest absolute Gasteiger partial charge is 0.135 e. The summed E-state index contributed by atoms with van der Waals surface area (Å²) in [5.41, 5.74) is 14.3. The van der Waals surface area contributed by atoms with E-state index in [9.17, 15) is 0 Å². The molecule has 9 aromatic rings. The van der Waals surface area contributed by atoms with E-state index in [0.717, 1.165) is 39.0 Å². The summed E-state index contributed by atoms with van der Waals surface area (Å²) >= 11 is 0. The first kappa shape index (κ1) is 26.9. The Hall–Kier alpha value is -6.12. The van der Waals surface area contributed by atoms with E-state index >= 15 is 0 Å². The predicted octanol–water partition coefficient (Wildman–Crippen LogP) is 13.3. The van der Waals surface area contributed by atoms with E-state index in [0.29, 0.717) is 0 Å². The monoisotopic (exact) mass is 626 g/mol. The predicted molar refractivity (Wildman–Crippen MR) is 203 cm³/mol. The minimum absolute atomic E-state index is 0.194. The van der Waals surface area contributed by atoms with Gasteiger partial charge >= 0.3 is 0 Å². The Morgan fingerprint density at radius 2 is 1.16 bits per heavy atom. The number of ether oxygens (including phenoxy) is 1. The van der Waals surface area contributed by atoms with Gasteiger partial charge in [-0.2, -0.15) is 0 Å². The van der Waals surface area contributed by atoms with Gasteiger partial charge in [-0.05, 0) is 109 Å². The summed E-state index contributed by atoms with van der Waals surface area (Å²) in [6, 6.07) is 52.8. The van der Waals surface area contributed by atoms with Gasteiger partial charge in [0.2, 0.25) is 0 Å². The number of hydrogen-bond donors (Lipinski definition) is 0. The van der Waals surface area contributed by atoms with Crippen molar-refractivity contribution in [3.63, 3.8) is 0 Å². The van der Waals surface area contributed by atoms with Crippen molar-refractivity contribution >= 4 is 43.5 Å². The molecular weight excluding hydrogens is 597 g/mol. The Balaban J connectivity index is 1.14. The van der Waals surface area contributed by atoms with Crippen LogP contribution in [0.25, 0.3) is 88.0 Å². The fourth-order valence-corrected chi connectivity index (χ4v) is 8.73. The van der Waals surface area contributed by atoms with E-state index in [-0.39, 0.29) is 5.41 Å². The largest absolute Gasteiger partial charge is 0.456 e. The van der Waals surface area contributed by atoms with Crippen LogP contribution in [0.15, 0.2) is 150 Å². The highest BCUT2D eigenvalue weighted by Gasteiger charge is 2.38. The third-order valence-electron chi connectivity index (χ3n) is 11.1. The molecule has 0 atom stereocenters. The highest BCUT2D eigenvalue weighted by atomic mass is 16.5. The maximum atomic E-state index is 6.42. The lowest BCUT2D eigenvalue weighted by atomic mass is 9.80. The van der Waals surface area contributed by atoms with Crippen LogP contribution in [0, 0.1) is 0 Å². The summed E-state index contributed by atoms with van der Waals surface area (Å²) in [7, 11) is 0. The van der Waals surface area contributed by atoms with E-state index in [2.05, 4.69) is 147 Å². The molecule has 0 fully saturated rings. The highest BCUT2D eigenvalue weighted by molar-refractivity contribution is 6.13. The van der Waals surface area contributed by atoms with Crippen molar-refractivity contribution in [1.29, 1.82) is 0 Å². The summed E-state index contributed by atoms with van der Waals surface area (Å²) in [4.78, 5) is 0. The van der Waals surface area contributed by atoms with E-state index in [1.807, 2.05) is 12.1 Å². The molecule has 230 valence electrons. The molecule has 2 heterocycles. The van der Waals surface area contributed by atoms with Crippen LogP contribution in [0.5, 0.6) is 11.5 Å². The Morgan fingerprint density at radius 3 is 2.10 bits per heavy atom. The zero-order valence-corrected chi connectivity index (χ0v) is 27.2. The molecular formula is C47H30O2. The average Bonchev–Trinajstić information content (AvgIpc) is 3.62. The molecule has 0 unspecified atom stereocenters. The van der Waals surface area contributed by atoms with Crippen LogP contribution in [0.2, 0.25) is 0 Å². The van der Waals surface area contributed by atoms with E-state index in [1.165, 1.54) is 71.6 Å². The van der Waals surface area contributed by atoms with Crippen molar-refractivity contribution < 1.29 is 9.15 Å². The molecule has 2 aliphatic rings. The summed E-state index contributed by atoms with van der Waals surface area (Å²) in [6.45, 7) is 4.77. The molecule has 0 N–H and O–H groups in total. The van der Waals surface area contributed by atoms with Gasteiger partial charge in [-0.25, -0.2) is 0 Å². The van der Waals surface area contributed by atoms with E-state index in [1.54, 1.807) is 0 Å². The second-order valence-corrected chi connectivity index (χ2v) is 14.0. The number of rotatable bonds is 2. The zero-order chi connectivity index (χ0) is 32.4. The topological polar surface area (TPSA) is 22.4 Å². The molecule has 2 heteroatoms. The third-order valence-corrected chi connectivity index (χ3v) is 11.1. The molecule has 0 spiro atoms. The van der Waals surface area contributed by atoms with Crippen molar-refractivity contribution in [2.24, 2.45) is 0 Å². The molecule has 0 bridgehead atoms. The van der Waals surface area contributed by atoms with Gasteiger partial charge in [0.25, 0.3) is 0 Å². The lowest BCUT2D eigenvalue weighted by Gasteiger charge is -2.24. The van der Waals surface area contributed by atoms with Crippen molar-refractivity contribution in [2.45, 2.75) is 19.3 Å². The van der Waals surface area contributed by atoms with Crippen LogP contribution in [0.1, 0.15) is 25.0 Å². The van der Waals surface area contributed by atoms with Gasteiger partial charge in [-0.1, -0.05) is 117 Å². The average molecular weight is 627 g/mol. The molecule has 1 aromatic heterocycles. The molecule has 1 aliphatic heterocycles. The molecule has 0 saturated carbocycles. The van der Waals surface area contributed by atoms with Crippen LogP contribution in [-0.4, -0.2) is 0 Å². The first-order valence-corrected chi connectivity index (χ1v) is 17.0. The normalized spacial score (nSPS) is 13.8. The Labute approximate surface area is 283 Å². The first-order valence-electron chi connectivity index (χ1n) is 17.0. The minimum atomic E-state index is -0.194. The van der Waals surface area contributed by atoms with Gasteiger partial charge in [0.1, 0.15) is 22.7 Å². The van der Waals surface area contributed by atoms with E-state index in [4.69, 9.17) is 9.15 Å². The number of benzene rings is 8. The van der Waals surface area contributed by atoms with Crippen LogP contribution in [0.3, 0.4) is 0 Å². The summed E-state index contributed by atoms with van der Waals surface area (Å²) in [5.74, 6) is 1.83. The Morgan fingerprint density at radius 1 is 0.429 bits per heavy atom.